The summed E-state index contributed by atoms with van der Waals surface area (Å²) in [4.78, 5) is 27.1. The molecule has 0 spiro atoms. The van der Waals surface area contributed by atoms with Gasteiger partial charge in [0, 0.05) is 37.7 Å². The molecule has 2 aliphatic heterocycles. The van der Waals surface area contributed by atoms with Crippen molar-refractivity contribution in [1.29, 1.82) is 0 Å². The number of hydrazone groups is 1. The molecule has 0 bridgehead atoms. The lowest BCUT2D eigenvalue weighted by Crippen LogP contribution is -2.40. The van der Waals surface area contributed by atoms with Crippen molar-refractivity contribution in [2.75, 3.05) is 32.8 Å². The van der Waals surface area contributed by atoms with E-state index in [1.54, 1.807) is 6.07 Å². The topological polar surface area (TPSA) is 88.3 Å². The number of benzene rings is 1. The number of nitrogens with zero attached hydrogens (tertiary/aromatic N) is 4. The van der Waals surface area contributed by atoms with Gasteiger partial charge in [0.25, 0.3) is 11.9 Å². The molecule has 0 N–H and O–H groups in total. The molecule has 0 aliphatic carbocycles. The standard InChI is InChI=1S/C17H22N4O4/c1-2-13-4-3-5-15(10-13)16(22)20-8-7-19(17(20)18-21(23)24)11-14-6-9-25-12-14/h3-5,10,14H,2,6-9,11-12H2,1H3. The highest BCUT2D eigenvalue weighted by Crippen LogP contribution is 2.20. The molecule has 8 nitrogen and oxygen atoms in total. The van der Waals surface area contributed by atoms with Crippen molar-refractivity contribution in [3.8, 4) is 0 Å². The number of amides is 1. The summed E-state index contributed by atoms with van der Waals surface area (Å²) in [6.07, 6.45) is 1.75. The van der Waals surface area contributed by atoms with Gasteiger partial charge in [-0.2, -0.15) is 0 Å². The summed E-state index contributed by atoms with van der Waals surface area (Å²) in [5, 5.41) is 13.7. The van der Waals surface area contributed by atoms with Crippen LogP contribution in [0.25, 0.3) is 0 Å². The number of hydrogen-bond donors (Lipinski definition) is 0. The fourth-order valence-corrected chi connectivity index (χ4v) is 3.27. The lowest BCUT2D eigenvalue weighted by molar-refractivity contribution is -0.486. The lowest BCUT2D eigenvalue weighted by Gasteiger charge is -2.22. The number of nitro groups is 1. The van der Waals surface area contributed by atoms with Crippen molar-refractivity contribution in [1.82, 2.24) is 9.80 Å². The first kappa shape index (κ1) is 17.3. The Labute approximate surface area is 146 Å². The van der Waals surface area contributed by atoms with E-state index in [0.717, 1.165) is 18.4 Å². The van der Waals surface area contributed by atoms with Crippen LogP contribution in [0.3, 0.4) is 0 Å². The zero-order valence-corrected chi connectivity index (χ0v) is 14.3. The van der Waals surface area contributed by atoms with Gasteiger partial charge in [0.1, 0.15) is 5.10 Å². The fraction of sp³-hybridized carbons (Fsp3) is 0.529. The van der Waals surface area contributed by atoms with Crippen molar-refractivity contribution < 1.29 is 14.6 Å². The molecule has 2 fully saturated rings. The Morgan fingerprint density at radius 3 is 2.96 bits per heavy atom. The summed E-state index contributed by atoms with van der Waals surface area (Å²) in [6.45, 7) is 4.94. The number of aryl methyl sites for hydroxylation is 1. The normalized spacial score (nSPS) is 22.0. The Hall–Kier alpha value is -2.48. The highest BCUT2D eigenvalue weighted by atomic mass is 16.7. The largest absolute Gasteiger partial charge is 0.381 e. The van der Waals surface area contributed by atoms with Crippen molar-refractivity contribution in [2.45, 2.75) is 19.8 Å². The molecule has 2 aliphatic rings. The maximum atomic E-state index is 12.9. The van der Waals surface area contributed by atoms with E-state index in [1.807, 2.05) is 30.0 Å². The highest BCUT2D eigenvalue weighted by molar-refractivity contribution is 6.06. The van der Waals surface area contributed by atoms with E-state index >= 15 is 0 Å². The van der Waals surface area contributed by atoms with Gasteiger partial charge in [-0.1, -0.05) is 19.1 Å². The minimum atomic E-state index is -0.735. The molecule has 3 rings (SSSR count). The zero-order chi connectivity index (χ0) is 17.8. The molecule has 2 heterocycles. The Bertz CT molecular complexity index is 685. The fourth-order valence-electron chi connectivity index (χ4n) is 3.27. The van der Waals surface area contributed by atoms with Crippen molar-refractivity contribution >= 4 is 11.9 Å². The number of carbonyl (C=O) groups excluding carboxylic acids is 1. The third kappa shape index (κ3) is 3.96. The van der Waals surface area contributed by atoms with E-state index in [4.69, 9.17) is 4.74 Å². The average molecular weight is 346 g/mol. The number of ether oxygens (including phenoxy) is 1. The first-order valence-corrected chi connectivity index (χ1v) is 8.55. The quantitative estimate of drug-likeness (QED) is 0.597. The monoisotopic (exact) mass is 346 g/mol. The third-order valence-electron chi connectivity index (χ3n) is 4.62. The Morgan fingerprint density at radius 2 is 2.28 bits per heavy atom. The second kappa shape index (κ2) is 7.60. The van der Waals surface area contributed by atoms with E-state index in [2.05, 4.69) is 5.10 Å². The van der Waals surface area contributed by atoms with Crippen LogP contribution in [0.4, 0.5) is 0 Å². The van der Waals surface area contributed by atoms with Crippen LogP contribution in [0.5, 0.6) is 0 Å². The van der Waals surface area contributed by atoms with Gasteiger partial charge < -0.3 is 9.64 Å². The van der Waals surface area contributed by atoms with Gasteiger partial charge in [-0.05, 0) is 30.5 Å². The van der Waals surface area contributed by atoms with Gasteiger partial charge in [0.05, 0.1) is 6.61 Å². The summed E-state index contributed by atoms with van der Waals surface area (Å²) < 4.78 is 5.37. The summed E-state index contributed by atoms with van der Waals surface area (Å²) >= 11 is 0. The Kier molecular flexibility index (Phi) is 5.28. The molecule has 134 valence electrons. The molecule has 1 aromatic carbocycles. The van der Waals surface area contributed by atoms with E-state index in [9.17, 15) is 14.9 Å². The molecular formula is C17H22N4O4. The van der Waals surface area contributed by atoms with Crippen LogP contribution >= 0.6 is 0 Å². The lowest BCUT2D eigenvalue weighted by atomic mass is 10.1. The summed E-state index contributed by atoms with van der Waals surface area (Å²) in [7, 11) is 0. The van der Waals surface area contributed by atoms with Crippen LogP contribution in [0, 0.1) is 16.0 Å². The van der Waals surface area contributed by atoms with Crippen molar-refractivity contribution in [3.63, 3.8) is 0 Å². The maximum Gasteiger partial charge on any atom is 0.281 e. The predicted octanol–water partition coefficient (Wildman–Crippen LogP) is 1.59. The molecule has 25 heavy (non-hydrogen) atoms. The number of carbonyl (C=O) groups is 1. The van der Waals surface area contributed by atoms with Gasteiger partial charge in [-0.3, -0.25) is 9.69 Å². The summed E-state index contributed by atoms with van der Waals surface area (Å²) in [5.41, 5.74) is 1.58. The smallest absolute Gasteiger partial charge is 0.281 e. The molecule has 2 saturated heterocycles. The maximum absolute atomic E-state index is 12.9. The minimum Gasteiger partial charge on any atom is -0.381 e. The molecular weight excluding hydrogens is 324 g/mol. The van der Waals surface area contributed by atoms with Crippen molar-refractivity contribution in [3.05, 3.63) is 45.5 Å². The molecule has 1 atom stereocenters. The van der Waals surface area contributed by atoms with Gasteiger partial charge in [0.2, 0.25) is 0 Å². The van der Waals surface area contributed by atoms with Gasteiger partial charge in [0.15, 0.2) is 5.03 Å². The van der Waals surface area contributed by atoms with Gasteiger partial charge >= 0.3 is 0 Å². The Balaban J connectivity index is 1.81. The molecule has 1 amide bonds. The molecule has 1 aromatic rings. The minimum absolute atomic E-state index is 0.129. The van der Waals surface area contributed by atoms with Crippen LogP contribution in [0.2, 0.25) is 0 Å². The van der Waals surface area contributed by atoms with E-state index in [1.165, 1.54) is 4.90 Å². The zero-order valence-electron chi connectivity index (χ0n) is 14.3. The van der Waals surface area contributed by atoms with Crippen LogP contribution in [-0.2, 0) is 11.2 Å². The SMILES string of the molecule is CCc1cccc(C(=O)N2CCN(CC3CCOC3)C2=N[N+](=O)[O-])c1. The second-order valence-electron chi connectivity index (χ2n) is 6.32. The summed E-state index contributed by atoms with van der Waals surface area (Å²) in [6, 6.07) is 7.36. The molecule has 0 radical (unpaired) electrons. The van der Waals surface area contributed by atoms with Gasteiger partial charge in [-0.25, -0.2) is 10.1 Å². The first-order chi connectivity index (χ1) is 12.1. The third-order valence-corrected chi connectivity index (χ3v) is 4.62. The Morgan fingerprint density at radius 1 is 1.44 bits per heavy atom. The summed E-state index contributed by atoms with van der Waals surface area (Å²) in [5.74, 6) is 0.195. The number of rotatable bonds is 5. The number of guanidine groups is 1. The van der Waals surface area contributed by atoms with Crippen LogP contribution in [0.15, 0.2) is 29.4 Å². The molecule has 1 unspecified atom stereocenters. The van der Waals surface area contributed by atoms with Crippen molar-refractivity contribution in [2.24, 2.45) is 11.0 Å². The number of hydrogen-bond acceptors (Lipinski definition) is 4. The first-order valence-electron chi connectivity index (χ1n) is 8.55. The highest BCUT2D eigenvalue weighted by Gasteiger charge is 2.36. The van der Waals surface area contributed by atoms with E-state index in [0.29, 0.717) is 44.3 Å². The van der Waals surface area contributed by atoms with Gasteiger partial charge in [-0.15, -0.1) is 0 Å². The van der Waals surface area contributed by atoms with Crippen LogP contribution in [-0.4, -0.2) is 59.5 Å². The molecule has 0 saturated carbocycles. The molecule has 8 heteroatoms. The van der Waals surface area contributed by atoms with Crippen LogP contribution < -0.4 is 0 Å². The van der Waals surface area contributed by atoms with E-state index < -0.39 is 5.03 Å². The molecule has 0 aromatic heterocycles. The van der Waals surface area contributed by atoms with E-state index in [-0.39, 0.29) is 11.9 Å². The predicted molar refractivity (Wildman–Crippen MR) is 91.8 cm³/mol. The second-order valence-corrected chi connectivity index (χ2v) is 6.32. The van der Waals surface area contributed by atoms with Crippen LogP contribution in [0.1, 0.15) is 29.3 Å². The average Bonchev–Trinajstić information content (AvgIpc) is 3.25.